The summed E-state index contributed by atoms with van der Waals surface area (Å²) in [5.41, 5.74) is -5.33. The van der Waals surface area contributed by atoms with E-state index in [2.05, 4.69) is 0 Å². The molecule has 7 rings (SSSR count). The van der Waals surface area contributed by atoms with Crippen molar-refractivity contribution in [3.05, 3.63) is 0 Å². The molecule has 0 spiro atoms. The number of Topliss-reactive ketones (excluding diaryl/α,β-unsaturated/α-hetero) is 3. The van der Waals surface area contributed by atoms with E-state index in [1.54, 1.807) is 0 Å². The Morgan fingerprint density at radius 3 is 0.590 bits per heavy atom. The second-order valence-electron chi connectivity index (χ2n) is 26.7. The number of ketones is 3. The lowest BCUT2D eigenvalue weighted by Crippen LogP contribution is -2.68. The molecule has 0 bridgehead atoms. The maximum absolute atomic E-state index is 17.4. The maximum Gasteiger partial charge on any atom is 0.159 e. The van der Waals surface area contributed by atoms with Gasteiger partial charge in [0, 0.05) is 321 Å². The van der Waals surface area contributed by atoms with Gasteiger partial charge in [0.05, 0.1) is 49.3 Å². The van der Waals surface area contributed by atoms with Crippen molar-refractivity contribution in [1.29, 1.82) is 0 Å². The van der Waals surface area contributed by atoms with Gasteiger partial charge < -0.3 is 0 Å². The van der Waals surface area contributed by atoms with E-state index in [0.29, 0.717) is 31.6 Å². The van der Waals surface area contributed by atoms with Crippen LogP contribution in [0.5, 0.6) is 0 Å². The minimum absolute atomic E-state index is 0.00434. The molecule has 0 aromatic rings. The van der Waals surface area contributed by atoms with Crippen molar-refractivity contribution in [3.63, 3.8) is 0 Å². The van der Waals surface area contributed by atoms with Crippen molar-refractivity contribution in [2.24, 2.45) is 22.2 Å². The topological polar surface area (TPSA) is 51.2 Å². The van der Waals surface area contributed by atoms with Crippen LogP contribution in [0.3, 0.4) is 0 Å². The highest BCUT2D eigenvalue weighted by molar-refractivity contribution is 8.04. The fourth-order valence-corrected chi connectivity index (χ4v) is 16.4. The Bertz CT molecular complexity index is 1880. The Morgan fingerprint density at radius 1 is 0.282 bits per heavy atom. The summed E-state index contributed by atoms with van der Waals surface area (Å²) >= 11 is 0. The summed E-state index contributed by atoms with van der Waals surface area (Å²) in [7, 11) is 160. The molecule has 5 aliphatic heterocycles. The monoisotopic (exact) mass is 931 g/mol. The van der Waals surface area contributed by atoms with Crippen molar-refractivity contribution in [2.75, 3.05) is 0 Å². The molecule has 0 amide bonds. The number of carbonyl (C=O) groups is 3. The van der Waals surface area contributed by atoms with Gasteiger partial charge in [-0.1, -0.05) is 73.5 Å². The van der Waals surface area contributed by atoms with Gasteiger partial charge in [0.1, 0.15) is 0 Å². The lowest BCUT2D eigenvalue weighted by atomic mass is 8.57. The van der Waals surface area contributed by atoms with Crippen LogP contribution in [0.2, 0.25) is 60.7 Å². The lowest BCUT2D eigenvalue weighted by molar-refractivity contribution is -0.173. The Morgan fingerprint density at radius 2 is 0.449 bits per heavy atom. The first-order chi connectivity index (χ1) is 36.2. The minimum atomic E-state index is -1.81. The molecule has 2 aliphatic carbocycles. The van der Waals surface area contributed by atoms with E-state index in [-0.39, 0.29) is 107 Å². The van der Waals surface area contributed by atoms with Gasteiger partial charge in [0.2, 0.25) is 0 Å². The predicted octanol–water partition coefficient (Wildman–Crippen LogP) is -13.1. The highest BCUT2D eigenvalue weighted by Crippen LogP contribution is 2.69. The van der Waals surface area contributed by atoms with E-state index in [1.807, 2.05) is 0 Å². The van der Waals surface area contributed by atoms with Gasteiger partial charge in [-0.25, -0.2) is 0 Å². The van der Waals surface area contributed by atoms with Gasteiger partial charge in [0.15, 0.2) is 17.3 Å². The first-order valence-corrected chi connectivity index (χ1v) is 28.7. The smallest absolute Gasteiger partial charge is 0.159 e. The molecule has 2 saturated carbocycles. The van der Waals surface area contributed by atoms with Gasteiger partial charge in [-0.15, -0.1) is 0 Å². The molecule has 5 unspecified atom stereocenters. The fourth-order valence-electron chi connectivity index (χ4n) is 16.4. The first kappa shape index (κ1) is 67.8. The van der Waals surface area contributed by atoms with Crippen LogP contribution in [0.1, 0.15) is 51.4 Å². The summed E-state index contributed by atoms with van der Waals surface area (Å²) in [4.78, 5) is 51.8. The molecular weight excluding hydrogens is 889 g/mol. The Kier molecular flexibility index (Phi) is 23.0. The highest BCUT2D eigenvalue weighted by atomic mass is 16.2. The van der Waals surface area contributed by atoms with Gasteiger partial charge in [-0.2, -0.15) is 0 Å². The van der Waals surface area contributed by atoms with Crippen molar-refractivity contribution in [3.8, 4) is 0 Å². The van der Waals surface area contributed by atoms with Crippen LogP contribution in [-0.2, 0) is 14.4 Å². The molecule has 5 saturated heterocycles. The molecule has 300 valence electrons. The molecule has 5 heterocycles. The molecule has 0 N–H and O–H groups in total. The number of carbonyl (C=O) groups excluding carboxylic acids is 3. The van der Waals surface area contributed by atoms with Gasteiger partial charge in [-0.05, 0) is 44.4 Å². The zero-order valence-corrected chi connectivity index (χ0v) is 45.7. The summed E-state index contributed by atoms with van der Waals surface area (Å²) in [5, 5.41) is 0. The first-order valence-electron chi connectivity index (χ1n) is 28.7. The van der Waals surface area contributed by atoms with E-state index < -0.39 is 161 Å². The van der Waals surface area contributed by atoms with Crippen molar-refractivity contribution >= 4 is 371 Å². The van der Waals surface area contributed by atoms with E-state index in [9.17, 15) is 0 Å². The average molecular weight is 921 g/mol. The normalized spacial score (nSPS) is 27.1. The number of hydrogen-bond acceptors (Lipinski definition) is 3. The van der Waals surface area contributed by atoms with Crippen molar-refractivity contribution < 1.29 is 14.4 Å². The molecule has 3 nitrogen and oxygen atoms in total. The third-order valence-electron chi connectivity index (χ3n) is 21.0. The summed E-state index contributed by atoms with van der Waals surface area (Å²) in [6.45, 7) is -1.40. The zero-order chi connectivity index (χ0) is 58.3. The van der Waals surface area contributed by atoms with Gasteiger partial charge in [0.25, 0.3) is 0 Å². The zero-order valence-electron chi connectivity index (χ0n) is 45.7. The van der Waals surface area contributed by atoms with Crippen molar-refractivity contribution in [1.82, 2.24) is 0 Å². The van der Waals surface area contributed by atoms with E-state index >= 15 is 14.4 Å². The quantitative estimate of drug-likeness (QED) is 0.0499. The minimum Gasteiger partial charge on any atom is -0.297 e. The average Bonchev–Trinajstić information content (AvgIpc) is 4.09. The van der Waals surface area contributed by atoms with E-state index in [4.69, 9.17) is 193 Å². The van der Waals surface area contributed by atoms with E-state index in [1.165, 1.54) is 0 Å². The molecule has 0 aromatic heterocycles. The summed E-state index contributed by atoms with van der Waals surface area (Å²) in [6, 6.07) is 0. The second kappa shape index (κ2) is 26.5. The summed E-state index contributed by atoms with van der Waals surface area (Å²) < 4.78 is 0. The molecular formula is C25H32B50O3. The Labute approximate surface area is 516 Å². The standard InChI is InChI=1S/C25H32B50O3/c26-56(27)66(46)71(61(36)37)51-9-15(51)4-23(3-14-1-2-14)20(76)24(5-16-10-52(16)72(62(38)39)67(47)57(28)29,6-17-11-53(17)73(63(40)41)68(48)58(30)31)22(78)25(21(23)77,7-18-12-54(18)74(64(42)43)69(49)59(32)33)8-19-13-55(19)75(65(44)45)70(50)60(34)35/h14-19H,1-13H2. The van der Waals surface area contributed by atoms with Crippen LogP contribution in [0.25, 0.3) is 0 Å². The molecule has 53 heteroatoms. The maximum atomic E-state index is 17.4. The number of hydrogen-bond donors (Lipinski definition) is 0. The van der Waals surface area contributed by atoms with Crippen molar-refractivity contribution in [2.45, 2.75) is 112 Å². The van der Waals surface area contributed by atoms with Crippen LogP contribution < -0.4 is 0 Å². The lowest BCUT2D eigenvalue weighted by Gasteiger charge is -2.54. The largest absolute Gasteiger partial charge is 0.297 e. The molecule has 7 fully saturated rings. The Hall–Kier alpha value is 2.26. The molecule has 0 aromatic carbocycles. The number of rotatable bonds is 32. The second-order valence-corrected chi connectivity index (χ2v) is 26.7. The summed E-state index contributed by atoms with van der Waals surface area (Å²) in [6.07, 6.45) is -12.0. The van der Waals surface area contributed by atoms with Crippen LogP contribution in [0.4, 0.5) is 0 Å². The predicted molar refractivity (Wildman–Crippen MR) is 393 cm³/mol. The van der Waals surface area contributed by atoms with Gasteiger partial charge >= 0.3 is 0 Å². The van der Waals surface area contributed by atoms with Crippen LogP contribution in [0, 0.1) is 22.2 Å². The van der Waals surface area contributed by atoms with Gasteiger partial charge in [-0.3, -0.25) is 14.4 Å². The molecule has 50 radical (unpaired) electrons. The molecule has 7 aliphatic rings. The van der Waals surface area contributed by atoms with Crippen LogP contribution >= 0.6 is 0 Å². The summed E-state index contributed by atoms with van der Waals surface area (Å²) in [5.74, 6) is -2.90. The molecule has 5 atom stereocenters. The fraction of sp³-hybridized carbons (Fsp3) is 0.880. The third-order valence-corrected chi connectivity index (χ3v) is 21.0. The Balaban J connectivity index is 1.46. The van der Waals surface area contributed by atoms with E-state index in [0.717, 1.165) is 12.8 Å². The molecule has 78 heavy (non-hydrogen) atoms. The highest BCUT2D eigenvalue weighted by Gasteiger charge is 2.76. The SMILES string of the molecule is [B]B([B])B([B])B(B([B])[B])B1CC1CC1(CC2CC2)C(=O)C(CC2CB2B(B([B])[B])B([B])B([B])[B])(CC2CB2B(B([B])[B])B([B])B([B])[B])C(=O)C(CC2CB2B(B([B])[B])B([B])B([B])[B])(CC2CB2B(B([B])[B])B([B])B([B])[B])C1=O. The van der Waals surface area contributed by atoms with Crippen LogP contribution in [0.15, 0.2) is 0 Å². The third kappa shape index (κ3) is 14.2. The van der Waals surface area contributed by atoms with Crippen LogP contribution in [-0.4, -0.2) is 371 Å².